The third-order valence-electron chi connectivity index (χ3n) is 2.80. The van der Waals surface area contributed by atoms with Crippen LogP contribution >= 0.6 is 0 Å². The van der Waals surface area contributed by atoms with Crippen molar-refractivity contribution in [3.05, 3.63) is 18.3 Å². The van der Waals surface area contributed by atoms with Crippen molar-refractivity contribution in [1.82, 2.24) is 9.71 Å². The molecule has 0 aliphatic carbocycles. The first-order chi connectivity index (χ1) is 8.49. The molecular formula is C10H15N3O3S2. The van der Waals surface area contributed by atoms with Gasteiger partial charge in [0.2, 0.25) is 10.0 Å². The van der Waals surface area contributed by atoms with Crippen LogP contribution in [0.3, 0.4) is 0 Å². The summed E-state index contributed by atoms with van der Waals surface area (Å²) in [5.41, 5.74) is 5.55. The number of nitrogens with zero attached hydrogens (tertiary/aromatic N) is 1. The Hall–Kier alpha value is -0.990. The average Bonchev–Trinajstić information content (AvgIpc) is 2.32. The summed E-state index contributed by atoms with van der Waals surface area (Å²) in [6.45, 7) is 0. The van der Waals surface area contributed by atoms with E-state index in [1.807, 2.05) is 0 Å². The number of hydrogen-bond acceptors (Lipinski definition) is 5. The minimum Gasteiger partial charge on any atom is -0.383 e. The summed E-state index contributed by atoms with van der Waals surface area (Å²) in [5, 5.41) is 0. The molecular weight excluding hydrogens is 274 g/mol. The van der Waals surface area contributed by atoms with E-state index >= 15 is 0 Å². The first-order valence-electron chi connectivity index (χ1n) is 5.57. The lowest BCUT2D eigenvalue weighted by Crippen LogP contribution is -2.39. The Morgan fingerprint density at radius 3 is 2.67 bits per heavy atom. The van der Waals surface area contributed by atoms with Crippen molar-refractivity contribution in [2.75, 3.05) is 17.2 Å². The van der Waals surface area contributed by atoms with Crippen molar-refractivity contribution < 1.29 is 12.6 Å². The van der Waals surface area contributed by atoms with Crippen LogP contribution in [0.25, 0.3) is 0 Å². The number of nitrogens with one attached hydrogen (secondary N) is 1. The summed E-state index contributed by atoms with van der Waals surface area (Å²) >= 11 is 0. The number of aromatic nitrogens is 1. The van der Waals surface area contributed by atoms with Crippen LogP contribution in [0.2, 0.25) is 0 Å². The molecule has 0 saturated carbocycles. The first kappa shape index (κ1) is 13.4. The highest BCUT2D eigenvalue weighted by atomic mass is 32.2. The highest BCUT2D eigenvalue weighted by Crippen LogP contribution is 2.17. The van der Waals surface area contributed by atoms with Gasteiger partial charge in [0.1, 0.15) is 10.7 Å². The van der Waals surface area contributed by atoms with Crippen LogP contribution in [0.15, 0.2) is 23.2 Å². The SMILES string of the molecule is Nc1ncccc1S(=O)(=O)NC1CCS(=O)CC1. The van der Waals surface area contributed by atoms with Crippen molar-refractivity contribution >= 4 is 26.6 Å². The fourth-order valence-corrected chi connectivity index (χ4v) is 4.51. The fourth-order valence-electron chi connectivity index (χ4n) is 1.82. The molecule has 18 heavy (non-hydrogen) atoms. The molecule has 3 N–H and O–H groups in total. The van der Waals surface area contributed by atoms with E-state index in [1.54, 1.807) is 0 Å². The van der Waals surface area contributed by atoms with Crippen molar-refractivity contribution in [2.45, 2.75) is 23.8 Å². The van der Waals surface area contributed by atoms with Crippen molar-refractivity contribution in [2.24, 2.45) is 0 Å². The predicted octanol–water partition coefficient (Wildman–Crippen LogP) is -0.147. The maximum atomic E-state index is 12.1. The first-order valence-corrected chi connectivity index (χ1v) is 8.54. The lowest BCUT2D eigenvalue weighted by molar-refractivity contribution is 0.522. The van der Waals surface area contributed by atoms with Gasteiger partial charge in [-0.15, -0.1) is 0 Å². The second kappa shape index (κ2) is 5.33. The monoisotopic (exact) mass is 289 g/mol. The van der Waals surface area contributed by atoms with E-state index in [-0.39, 0.29) is 16.8 Å². The molecule has 1 aromatic rings. The topological polar surface area (TPSA) is 102 Å². The molecule has 0 spiro atoms. The average molecular weight is 289 g/mol. The molecule has 1 aliphatic heterocycles. The molecule has 8 heteroatoms. The van der Waals surface area contributed by atoms with Gasteiger partial charge in [-0.05, 0) is 25.0 Å². The standard InChI is InChI=1S/C10H15N3O3S2/c11-10-9(2-1-5-12-10)18(15,16)13-8-3-6-17(14)7-4-8/h1-2,5,8,13H,3-4,6-7H2,(H2,11,12). The Morgan fingerprint density at radius 2 is 2.06 bits per heavy atom. The van der Waals surface area contributed by atoms with Gasteiger partial charge in [-0.3, -0.25) is 4.21 Å². The molecule has 100 valence electrons. The zero-order valence-corrected chi connectivity index (χ0v) is 11.3. The number of anilines is 1. The summed E-state index contributed by atoms with van der Waals surface area (Å²) in [5.74, 6) is 1.06. The summed E-state index contributed by atoms with van der Waals surface area (Å²) in [6.07, 6.45) is 2.62. The fraction of sp³-hybridized carbons (Fsp3) is 0.500. The maximum Gasteiger partial charge on any atom is 0.244 e. The molecule has 0 unspecified atom stereocenters. The van der Waals surface area contributed by atoms with Crippen molar-refractivity contribution in [3.8, 4) is 0 Å². The molecule has 0 radical (unpaired) electrons. The van der Waals surface area contributed by atoms with Gasteiger partial charge in [0.15, 0.2) is 0 Å². The second-order valence-corrected chi connectivity index (χ2v) is 7.51. The lowest BCUT2D eigenvalue weighted by atomic mass is 10.2. The Labute approximate surface area is 108 Å². The van der Waals surface area contributed by atoms with E-state index in [9.17, 15) is 12.6 Å². The van der Waals surface area contributed by atoms with Gasteiger partial charge in [0, 0.05) is 34.5 Å². The molecule has 2 heterocycles. The van der Waals surface area contributed by atoms with Crippen molar-refractivity contribution in [1.29, 1.82) is 0 Å². The molecule has 0 amide bonds. The summed E-state index contributed by atoms with van der Waals surface area (Å²) in [4.78, 5) is 3.76. The molecule has 0 atom stereocenters. The van der Waals surface area contributed by atoms with Gasteiger partial charge >= 0.3 is 0 Å². The van der Waals surface area contributed by atoms with Crippen molar-refractivity contribution in [3.63, 3.8) is 0 Å². The zero-order chi connectivity index (χ0) is 13.2. The molecule has 2 rings (SSSR count). The van der Waals surface area contributed by atoms with Crippen LogP contribution in [0, 0.1) is 0 Å². The van der Waals surface area contributed by atoms with Crippen LogP contribution < -0.4 is 10.5 Å². The summed E-state index contributed by atoms with van der Waals surface area (Å²) in [6, 6.07) is 2.78. The van der Waals surface area contributed by atoms with E-state index in [2.05, 4.69) is 9.71 Å². The Balaban J connectivity index is 2.13. The highest BCUT2D eigenvalue weighted by molar-refractivity contribution is 7.89. The number of hydrogen-bond donors (Lipinski definition) is 2. The second-order valence-electron chi connectivity index (χ2n) is 4.13. The quantitative estimate of drug-likeness (QED) is 0.806. The molecule has 0 bridgehead atoms. The minimum absolute atomic E-state index is 0.00306. The zero-order valence-electron chi connectivity index (χ0n) is 9.70. The Kier molecular flexibility index (Phi) is 3.98. The van der Waals surface area contributed by atoms with Gasteiger partial charge in [-0.25, -0.2) is 18.1 Å². The van der Waals surface area contributed by atoms with Gasteiger partial charge in [-0.2, -0.15) is 0 Å². The molecule has 1 saturated heterocycles. The van der Waals surface area contributed by atoms with Gasteiger partial charge in [0.25, 0.3) is 0 Å². The Bertz CT molecular complexity index is 549. The number of nitrogen functional groups attached to an aromatic ring is 1. The van der Waals surface area contributed by atoms with Gasteiger partial charge in [-0.1, -0.05) is 0 Å². The number of pyridine rings is 1. The van der Waals surface area contributed by atoms with Crippen LogP contribution in [0.5, 0.6) is 0 Å². The number of rotatable bonds is 3. The van der Waals surface area contributed by atoms with E-state index in [4.69, 9.17) is 5.73 Å². The summed E-state index contributed by atoms with van der Waals surface area (Å²) in [7, 11) is -4.45. The lowest BCUT2D eigenvalue weighted by Gasteiger charge is -2.22. The van der Waals surface area contributed by atoms with E-state index in [0.29, 0.717) is 24.3 Å². The molecule has 0 aromatic carbocycles. The highest BCUT2D eigenvalue weighted by Gasteiger charge is 2.25. The third-order valence-corrected chi connectivity index (χ3v) is 5.75. The summed E-state index contributed by atoms with van der Waals surface area (Å²) < 4.78 is 38.0. The Morgan fingerprint density at radius 1 is 1.39 bits per heavy atom. The smallest absolute Gasteiger partial charge is 0.244 e. The van der Waals surface area contributed by atoms with Gasteiger partial charge < -0.3 is 5.73 Å². The molecule has 1 aliphatic rings. The number of nitrogens with two attached hydrogens (primary N) is 1. The van der Waals surface area contributed by atoms with Gasteiger partial charge in [0.05, 0.1) is 0 Å². The van der Waals surface area contributed by atoms with Crippen LogP contribution in [0.1, 0.15) is 12.8 Å². The largest absolute Gasteiger partial charge is 0.383 e. The molecule has 1 fully saturated rings. The van der Waals surface area contributed by atoms with E-state index < -0.39 is 20.8 Å². The van der Waals surface area contributed by atoms with Crippen LogP contribution in [-0.4, -0.2) is 35.2 Å². The van der Waals surface area contributed by atoms with Crippen LogP contribution in [-0.2, 0) is 20.8 Å². The van der Waals surface area contributed by atoms with E-state index in [0.717, 1.165) is 0 Å². The third kappa shape index (κ3) is 3.06. The van der Waals surface area contributed by atoms with Crippen LogP contribution in [0.4, 0.5) is 5.82 Å². The maximum absolute atomic E-state index is 12.1. The molecule has 1 aromatic heterocycles. The molecule has 6 nitrogen and oxygen atoms in total. The predicted molar refractivity (Wildman–Crippen MR) is 69.9 cm³/mol. The van der Waals surface area contributed by atoms with E-state index in [1.165, 1.54) is 18.3 Å². The normalized spacial score (nSPS) is 24.9. The minimum atomic E-state index is -3.64. The number of sulfonamides is 1.